The first-order valence-corrected chi connectivity index (χ1v) is 22.4. The maximum Gasteiger partial charge on any atom is 0.472 e. The maximum absolute atomic E-state index is 12.4. The van der Waals surface area contributed by atoms with Crippen LogP contribution in [0.2, 0.25) is 0 Å². The number of hydrogen-bond donors (Lipinski definition) is 2. The molecule has 9 nitrogen and oxygen atoms in total. The minimum Gasteiger partial charge on any atom is -0.492 e. The highest BCUT2D eigenvalue weighted by molar-refractivity contribution is 7.47. The number of epoxide rings is 1. The van der Waals surface area contributed by atoms with Gasteiger partial charge in [0.05, 0.1) is 31.7 Å². The molecule has 10 heteroatoms. The summed E-state index contributed by atoms with van der Waals surface area (Å²) >= 11 is 0. The van der Waals surface area contributed by atoms with Gasteiger partial charge in [-0.2, -0.15) is 0 Å². The molecule has 1 aliphatic rings. The smallest absolute Gasteiger partial charge is 0.472 e. The number of rotatable bonds is 38. The first-order valence-electron chi connectivity index (χ1n) is 20.9. The number of allylic oxidation sites excluding steroid dienone is 7. The van der Waals surface area contributed by atoms with Crippen molar-refractivity contribution in [2.45, 2.75) is 180 Å². The molecule has 1 fully saturated rings. The largest absolute Gasteiger partial charge is 0.492 e. The van der Waals surface area contributed by atoms with Gasteiger partial charge in [0.25, 0.3) is 0 Å². The summed E-state index contributed by atoms with van der Waals surface area (Å²) in [6, 6.07) is 0. The Labute approximate surface area is 323 Å². The summed E-state index contributed by atoms with van der Waals surface area (Å²) in [5.41, 5.74) is 5.36. The number of nitrogens with two attached hydrogens (primary N) is 1. The van der Waals surface area contributed by atoms with Crippen molar-refractivity contribution in [1.82, 2.24) is 0 Å². The molecular weight excluding hydrogens is 689 g/mol. The standard InChI is InChI=1S/C43H76NO8P/c1-3-5-7-9-11-12-13-14-15-16-17-18-19-23-27-31-36-48-40(39-51-53(46,47)50-37-35-44)38-49-43(45)34-30-26-22-20-21-25-29-33-42-41(52-42)32-28-24-10-8-6-4-2/h12-13,20,22,24-25,28-29,31,36,40-42H,3-11,14-19,21,23,26-27,30,32-35,37-39,44H2,1-2H3,(H,46,47)/b13-12-,22-20-,28-24-,29-25-,36-31+/t40-,41?,42?/m1/s1. The van der Waals surface area contributed by atoms with E-state index in [1.807, 2.05) is 6.08 Å². The van der Waals surface area contributed by atoms with Gasteiger partial charge < -0.3 is 24.8 Å². The Morgan fingerprint density at radius 3 is 1.85 bits per heavy atom. The topological polar surface area (TPSA) is 130 Å². The fourth-order valence-electron chi connectivity index (χ4n) is 5.60. The third-order valence-electron chi connectivity index (χ3n) is 8.90. The monoisotopic (exact) mass is 766 g/mol. The highest BCUT2D eigenvalue weighted by Crippen LogP contribution is 2.43. The highest BCUT2D eigenvalue weighted by Gasteiger charge is 2.36. The fourth-order valence-corrected chi connectivity index (χ4v) is 6.36. The second kappa shape index (κ2) is 35.7. The molecule has 1 rings (SSSR count). The lowest BCUT2D eigenvalue weighted by atomic mass is 10.1. The van der Waals surface area contributed by atoms with Crippen molar-refractivity contribution in [3.8, 4) is 0 Å². The lowest BCUT2D eigenvalue weighted by Crippen LogP contribution is -2.25. The number of esters is 1. The summed E-state index contributed by atoms with van der Waals surface area (Å²) in [6.45, 7) is 4.08. The van der Waals surface area contributed by atoms with E-state index in [0.29, 0.717) is 18.6 Å². The molecule has 1 heterocycles. The van der Waals surface area contributed by atoms with Gasteiger partial charge in [0, 0.05) is 13.0 Å². The number of ether oxygens (including phenoxy) is 3. The van der Waals surface area contributed by atoms with Crippen LogP contribution >= 0.6 is 7.82 Å². The summed E-state index contributed by atoms with van der Waals surface area (Å²) in [4.78, 5) is 22.3. The number of unbranched alkanes of at least 4 members (excludes halogenated alkanes) is 15. The molecule has 0 radical (unpaired) electrons. The maximum atomic E-state index is 12.4. The molecule has 3 N–H and O–H groups in total. The Morgan fingerprint density at radius 1 is 0.679 bits per heavy atom. The molecule has 0 aromatic rings. The Morgan fingerprint density at radius 2 is 1.19 bits per heavy atom. The van der Waals surface area contributed by atoms with Crippen molar-refractivity contribution < 1.29 is 37.5 Å². The van der Waals surface area contributed by atoms with E-state index in [2.05, 4.69) is 62.5 Å². The van der Waals surface area contributed by atoms with E-state index in [4.69, 9.17) is 29.0 Å². The summed E-state index contributed by atoms with van der Waals surface area (Å²) in [7, 11) is -4.29. The van der Waals surface area contributed by atoms with Gasteiger partial charge in [0.1, 0.15) is 6.61 Å². The number of hydrogen-bond acceptors (Lipinski definition) is 8. The number of carbonyl (C=O) groups is 1. The molecule has 0 amide bonds. The number of carbonyl (C=O) groups excluding carboxylic acids is 1. The van der Waals surface area contributed by atoms with E-state index >= 15 is 0 Å². The van der Waals surface area contributed by atoms with Gasteiger partial charge in [0.15, 0.2) is 6.10 Å². The number of phosphoric ester groups is 1. The van der Waals surface area contributed by atoms with Gasteiger partial charge in [0.2, 0.25) is 0 Å². The third-order valence-corrected chi connectivity index (χ3v) is 9.88. The quantitative estimate of drug-likeness (QED) is 0.0157. The van der Waals surface area contributed by atoms with Crippen LogP contribution in [-0.4, -0.2) is 55.5 Å². The van der Waals surface area contributed by atoms with E-state index in [0.717, 1.165) is 44.9 Å². The summed E-state index contributed by atoms with van der Waals surface area (Å²) < 4.78 is 38.9. The third kappa shape index (κ3) is 33.1. The van der Waals surface area contributed by atoms with E-state index < -0.39 is 13.9 Å². The van der Waals surface area contributed by atoms with Crippen LogP contribution in [0.1, 0.15) is 162 Å². The molecule has 1 saturated heterocycles. The average molecular weight is 766 g/mol. The summed E-state index contributed by atoms with van der Waals surface area (Å²) in [6.07, 6.45) is 46.5. The van der Waals surface area contributed by atoms with Crippen molar-refractivity contribution >= 4 is 13.8 Å². The molecule has 0 saturated carbocycles. The van der Waals surface area contributed by atoms with Crippen LogP contribution in [0.3, 0.4) is 0 Å². The average Bonchev–Trinajstić information content (AvgIpc) is 3.91. The molecule has 4 atom stereocenters. The second-order valence-corrected chi connectivity index (χ2v) is 15.4. The minimum absolute atomic E-state index is 0.0878. The lowest BCUT2D eigenvalue weighted by Gasteiger charge is -2.19. The molecule has 3 unspecified atom stereocenters. The molecule has 306 valence electrons. The van der Waals surface area contributed by atoms with E-state index in [-0.39, 0.29) is 38.8 Å². The number of phosphoric acid groups is 1. The minimum atomic E-state index is -4.29. The van der Waals surface area contributed by atoms with Crippen LogP contribution in [0, 0.1) is 0 Å². The molecule has 0 aliphatic carbocycles. The van der Waals surface area contributed by atoms with Gasteiger partial charge >= 0.3 is 13.8 Å². The van der Waals surface area contributed by atoms with Crippen LogP contribution in [0.25, 0.3) is 0 Å². The highest BCUT2D eigenvalue weighted by atomic mass is 31.2. The van der Waals surface area contributed by atoms with Crippen molar-refractivity contribution in [2.75, 3.05) is 26.4 Å². The Bertz CT molecular complexity index is 1060. The zero-order valence-electron chi connectivity index (χ0n) is 33.4. The van der Waals surface area contributed by atoms with Crippen LogP contribution < -0.4 is 5.73 Å². The van der Waals surface area contributed by atoms with Gasteiger partial charge in [-0.3, -0.25) is 13.8 Å². The van der Waals surface area contributed by atoms with Crippen LogP contribution in [0.5, 0.6) is 0 Å². The normalized spacial score (nSPS) is 17.9. The van der Waals surface area contributed by atoms with E-state index in [1.165, 1.54) is 89.9 Å². The molecule has 0 spiro atoms. The predicted molar refractivity (Wildman–Crippen MR) is 219 cm³/mol. The van der Waals surface area contributed by atoms with Gasteiger partial charge in [-0.25, -0.2) is 4.57 Å². The van der Waals surface area contributed by atoms with Gasteiger partial charge in [-0.1, -0.05) is 120 Å². The van der Waals surface area contributed by atoms with Gasteiger partial charge in [-0.05, 0) is 89.5 Å². The molecule has 53 heavy (non-hydrogen) atoms. The lowest BCUT2D eigenvalue weighted by molar-refractivity contribution is -0.147. The van der Waals surface area contributed by atoms with Crippen molar-refractivity contribution in [3.05, 3.63) is 60.9 Å². The molecule has 1 aliphatic heterocycles. The van der Waals surface area contributed by atoms with Crippen molar-refractivity contribution in [3.63, 3.8) is 0 Å². The van der Waals surface area contributed by atoms with Crippen LogP contribution in [-0.2, 0) is 32.6 Å². The molecule has 0 aromatic carbocycles. The molecule has 0 aromatic heterocycles. The van der Waals surface area contributed by atoms with E-state index in [1.54, 1.807) is 6.26 Å². The Hall–Kier alpha value is -2.00. The summed E-state index contributed by atoms with van der Waals surface area (Å²) in [5, 5.41) is 0. The van der Waals surface area contributed by atoms with Crippen molar-refractivity contribution in [2.24, 2.45) is 5.73 Å². The fraction of sp³-hybridized carbons (Fsp3) is 0.744. The molecular formula is C43H76NO8P. The second-order valence-electron chi connectivity index (χ2n) is 13.9. The first-order chi connectivity index (χ1) is 25.9. The van der Waals surface area contributed by atoms with Crippen LogP contribution in [0.4, 0.5) is 0 Å². The van der Waals surface area contributed by atoms with Crippen LogP contribution in [0.15, 0.2) is 60.9 Å². The Kier molecular flexibility index (Phi) is 33.0. The first kappa shape index (κ1) is 49.0. The zero-order valence-corrected chi connectivity index (χ0v) is 34.3. The Balaban J connectivity index is 2.21. The van der Waals surface area contributed by atoms with E-state index in [9.17, 15) is 14.3 Å². The zero-order chi connectivity index (χ0) is 38.5. The van der Waals surface area contributed by atoms with Gasteiger partial charge in [-0.15, -0.1) is 0 Å². The predicted octanol–water partition coefficient (Wildman–Crippen LogP) is 11.5. The molecule has 0 bridgehead atoms. The summed E-state index contributed by atoms with van der Waals surface area (Å²) in [5.74, 6) is -0.351. The van der Waals surface area contributed by atoms with Crippen molar-refractivity contribution in [1.29, 1.82) is 0 Å². The SMILES string of the molecule is CCCCC/C=C\CC1OC1C/C=C\C/C=C\CCCC(=O)OC[C@H](COP(=O)(O)OCCN)O/C=C/CCCCCCCC/C=C\CCCCCC.